The number of ether oxygens (including phenoxy) is 2. The summed E-state index contributed by atoms with van der Waals surface area (Å²) in [6.07, 6.45) is 1.65. The van der Waals surface area contributed by atoms with Crippen LogP contribution in [-0.4, -0.2) is 52.3 Å². The predicted molar refractivity (Wildman–Crippen MR) is 214 cm³/mol. The Bertz CT molecular complexity index is 2220. The molecule has 0 aliphatic rings. The molecule has 0 saturated carbocycles. The maximum absolute atomic E-state index is 13.5. The van der Waals surface area contributed by atoms with E-state index >= 15 is 0 Å². The van der Waals surface area contributed by atoms with Gasteiger partial charge < -0.3 is 20.1 Å². The van der Waals surface area contributed by atoms with Crippen molar-refractivity contribution < 1.29 is 19.1 Å². The van der Waals surface area contributed by atoms with Crippen LogP contribution in [-0.2, 0) is 34.7 Å². The minimum absolute atomic E-state index is 0.161. The summed E-state index contributed by atoms with van der Waals surface area (Å²) in [5.41, 5.74) is 6.33. The molecular formula is C43H47N7O4. The van der Waals surface area contributed by atoms with E-state index in [2.05, 4.69) is 41.7 Å². The molecule has 54 heavy (non-hydrogen) atoms. The van der Waals surface area contributed by atoms with Crippen molar-refractivity contribution in [2.45, 2.75) is 52.9 Å². The number of likely N-dealkylation sites (N-methyl/N-ethyl adjacent to an activating group) is 1. The summed E-state index contributed by atoms with van der Waals surface area (Å²) < 4.78 is 13.2. The highest BCUT2D eigenvalue weighted by Crippen LogP contribution is 2.33. The van der Waals surface area contributed by atoms with Crippen molar-refractivity contribution in [3.63, 3.8) is 0 Å². The van der Waals surface area contributed by atoms with Crippen molar-refractivity contribution in [3.05, 3.63) is 137 Å². The summed E-state index contributed by atoms with van der Waals surface area (Å²) in [5.74, 6) is 1.51. The predicted octanol–water partition coefficient (Wildman–Crippen LogP) is 8.47. The van der Waals surface area contributed by atoms with E-state index < -0.39 is 6.03 Å². The fraction of sp³-hybridized carbons (Fsp3) is 0.256. The van der Waals surface area contributed by atoms with Gasteiger partial charge in [-0.05, 0) is 67.1 Å². The molecule has 0 spiro atoms. The molecule has 11 heteroatoms. The largest absolute Gasteiger partial charge is 0.488 e. The van der Waals surface area contributed by atoms with Crippen molar-refractivity contribution in [2.24, 2.45) is 0 Å². The Balaban J connectivity index is 1.09. The zero-order valence-electron chi connectivity index (χ0n) is 31.6. The fourth-order valence-corrected chi connectivity index (χ4v) is 5.99. The number of nitrogens with zero attached hydrogens (tertiary/aromatic N) is 4. The molecule has 6 rings (SSSR count). The van der Waals surface area contributed by atoms with Crippen LogP contribution >= 0.6 is 0 Å². The minimum atomic E-state index is -0.392. The summed E-state index contributed by atoms with van der Waals surface area (Å²) in [4.78, 5) is 32.6. The van der Waals surface area contributed by atoms with E-state index in [1.807, 2.05) is 116 Å². The van der Waals surface area contributed by atoms with Gasteiger partial charge in [-0.15, -0.1) is 0 Å². The number of urea groups is 1. The second-order valence-electron chi connectivity index (χ2n) is 14.5. The van der Waals surface area contributed by atoms with Crippen molar-refractivity contribution in [3.8, 4) is 11.4 Å². The third kappa shape index (κ3) is 9.68. The van der Waals surface area contributed by atoms with Gasteiger partial charge in [0.05, 0.1) is 30.2 Å². The molecule has 2 aromatic heterocycles. The molecule has 0 bridgehead atoms. The summed E-state index contributed by atoms with van der Waals surface area (Å²) in [6, 6.07) is 32.8. The molecule has 0 aliphatic carbocycles. The minimum Gasteiger partial charge on any atom is -0.488 e. The monoisotopic (exact) mass is 725 g/mol. The number of aromatic nitrogens is 3. The average molecular weight is 726 g/mol. The maximum Gasteiger partial charge on any atom is 0.324 e. The van der Waals surface area contributed by atoms with E-state index in [4.69, 9.17) is 14.6 Å². The lowest BCUT2D eigenvalue weighted by Crippen LogP contribution is -2.30. The highest BCUT2D eigenvalue weighted by molar-refractivity contribution is 6.07. The number of anilines is 3. The first-order valence-electron chi connectivity index (χ1n) is 17.9. The van der Waals surface area contributed by atoms with E-state index in [-0.39, 0.29) is 24.5 Å². The third-order valence-electron chi connectivity index (χ3n) is 8.82. The average Bonchev–Trinajstić information content (AvgIpc) is 3.57. The van der Waals surface area contributed by atoms with Crippen molar-refractivity contribution in [1.29, 1.82) is 0 Å². The van der Waals surface area contributed by atoms with Crippen LogP contribution in [0.25, 0.3) is 16.5 Å². The van der Waals surface area contributed by atoms with E-state index in [9.17, 15) is 9.59 Å². The first-order valence-corrected chi connectivity index (χ1v) is 17.9. The molecule has 4 aromatic carbocycles. The molecule has 0 radical (unpaired) electrons. The molecular weight excluding hydrogens is 679 g/mol. The highest BCUT2D eigenvalue weighted by atomic mass is 16.5. The molecule has 278 valence electrons. The normalized spacial score (nSPS) is 11.5. The summed E-state index contributed by atoms with van der Waals surface area (Å²) >= 11 is 0. The summed E-state index contributed by atoms with van der Waals surface area (Å²) in [6.45, 7) is 9.97. The first kappa shape index (κ1) is 37.7. The second-order valence-corrected chi connectivity index (χ2v) is 14.5. The van der Waals surface area contributed by atoms with Crippen LogP contribution < -0.4 is 20.7 Å². The quantitative estimate of drug-likeness (QED) is 0.109. The van der Waals surface area contributed by atoms with Crippen LogP contribution in [0.15, 0.2) is 109 Å². The standard InChI is InChI=1S/C43H47N7O4/c1-29-11-17-33(18-12-29)50-40(24-38(48-50)43(2,3)4)47-42(52)45-36-19-20-37(35-10-8-7-9-34(35)36)54-28-32-21-22-44-39(23-32)46-41(51)26-49(5)25-30-13-15-31(16-14-30)27-53-6/h7-24H,25-28H2,1-6H3,(H,44,46,51)(H2,45,47,52). The third-order valence-corrected chi connectivity index (χ3v) is 8.82. The Morgan fingerprint density at radius 2 is 1.52 bits per heavy atom. The Morgan fingerprint density at radius 1 is 0.796 bits per heavy atom. The number of methoxy groups -OCH3 is 1. The Hall–Kier alpha value is -6.04. The number of carbonyl (C=O) groups is 2. The number of nitrogens with one attached hydrogen (secondary N) is 3. The molecule has 3 N–H and O–H groups in total. The molecule has 3 amide bonds. The van der Waals surface area contributed by atoms with Crippen LogP contribution in [0, 0.1) is 6.92 Å². The molecule has 6 aromatic rings. The zero-order chi connectivity index (χ0) is 38.2. The molecule has 0 atom stereocenters. The molecule has 0 saturated heterocycles. The maximum atomic E-state index is 13.5. The van der Waals surface area contributed by atoms with Crippen LogP contribution in [0.1, 0.15) is 48.7 Å². The van der Waals surface area contributed by atoms with E-state index in [1.54, 1.807) is 24.1 Å². The Labute approximate surface area is 316 Å². The van der Waals surface area contributed by atoms with Gasteiger partial charge in [0.15, 0.2) is 0 Å². The first-order chi connectivity index (χ1) is 25.9. The Kier molecular flexibility index (Phi) is 11.7. The number of fused-ring (bicyclic) bond motifs is 1. The fourth-order valence-electron chi connectivity index (χ4n) is 5.99. The smallest absolute Gasteiger partial charge is 0.324 e. The van der Waals surface area contributed by atoms with Gasteiger partial charge in [0.25, 0.3) is 0 Å². The van der Waals surface area contributed by atoms with Gasteiger partial charge in [-0.25, -0.2) is 14.5 Å². The number of amides is 3. The van der Waals surface area contributed by atoms with Gasteiger partial charge in [0, 0.05) is 42.1 Å². The number of carbonyl (C=O) groups excluding carboxylic acids is 2. The Morgan fingerprint density at radius 3 is 2.24 bits per heavy atom. The van der Waals surface area contributed by atoms with Crippen molar-refractivity contribution >= 4 is 40.0 Å². The van der Waals surface area contributed by atoms with E-state index in [1.165, 1.54) is 0 Å². The molecule has 0 fully saturated rings. The molecule has 0 aliphatic heterocycles. The number of rotatable bonds is 13. The SMILES string of the molecule is COCc1ccc(CN(C)CC(=O)Nc2cc(COc3ccc(NC(=O)Nc4cc(C(C)(C)C)nn4-c4ccc(C)cc4)c4ccccc34)ccn2)cc1. The van der Waals surface area contributed by atoms with Crippen LogP contribution in [0.3, 0.4) is 0 Å². The van der Waals surface area contributed by atoms with Crippen LogP contribution in [0.5, 0.6) is 5.75 Å². The van der Waals surface area contributed by atoms with E-state index in [0.717, 1.165) is 44.4 Å². The topological polar surface area (TPSA) is 123 Å². The van der Waals surface area contributed by atoms with Crippen molar-refractivity contribution in [1.82, 2.24) is 19.7 Å². The summed E-state index contributed by atoms with van der Waals surface area (Å²) in [7, 11) is 3.58. The van der Waals surface area contributed by atoms with Gasteiger partial charge >= 0.3 is 6.03 Å². The van der Waals surface area contributed by atoms with E-state index in [0.29, 0.717) is 36.2 Å². The zero-order valence-corrected chi connectivity index (χ0v) is 31.6. The molecule has 11 nitrogen and oxygen atoms in total. The number of hydrogen-bond acceptors (Lipinski definition) is 7. The van der Waals surface area contributed by atoms with Gasteiger partial charge in [-0.1, -0.05) is 87.0 Å². The number of pyridine rings is 1. The lowest BCUT2D eigenvalue weighted by Gasteiger charge is -2.17. The van der Waals surface area contributed by atoms with Crippen LogP contribution in [0.4, 0.5) is 22.1 Å². The number of aryl methyl sites for hydroxylation is 1. The van der Waals surface area contributed by atoms with Gasteiger partial charge in [-0.3, -0.25) is 15.0 Å². The molecule has 2 heterocycles. The highest BCUT2D eigenvalue weighted by Gasteiger charge is 2.22. The van der Waals surface area contributed by atoms with Gasteiger partial charge in [0.2, 0.25) is 5.91 Å². The lowest BCUT2D eigenvalue weighted by molar-refractivity contribution is -0.117. The van der Waals surface area contributed by atoms with Crippen LogP contribution in [0.2, 0.25) is 0 Å². The second kappa shape index (κ2) is 16.7. The van der Waals surface area contributed by atoms with Gasteiger partial charge in [0.1, 0.15) is 24.0 Å². The number of benzene rings is 4. The summed E-state index contributed by atoms with van der Waals surface area (Å²) in [5, 5.41) is 15.4. The molecule has 0 unspecified atom stereocenters. The lowest BCUT2D eigenvalue weighted by atomic mass is 9.92. The number of hydrogen-bond donors (Lipinski definition) is 3. The van der Waals surface area contributed by atoms with Gasteiger partial charge in [-0.2, -0.15) is 5.10 Å². The van der Waals surface area contributed by atoms with Crippen molar-refractivity contribution in [2.75, 3.05) is 36.7 Å².